The van der Waals surface area contributed by atoms with E-state index >= 15 is 0 Å². The lowest BCUT2D eigenvalue weighted by molar-refractivity contribution is -0.199. The molecule has 6 nitrogen and oxygen atoms in total. The fourth-order valence-corrected chi connectivity index (χ4v) is 2.99. The molecule has 1 amide bonds. The standard InChI is InChI=1S/C19H28N2O4.ClH/c1-18(2,3)25-17(23)19(24)15(20)12-13-21(19)16(22)11-7-10-14-8-5-4-6-9-14;/h4-6,8-9,15,24H,7,10-13,20H2,1-3H3;1H/t15-,19-;/m0./s1. The lowest BCUT2D eigenvalue weighted by atomic mass is 10.0. The number of ether oxygens (including phenoxy) is 1. The number of nitrogens with two attached hydrogens (primary N) is 1. The zero-order valence-electron chi connectivity index (χ0n) is 15.6. The van der Waals surface area contributed by atoms with E-state index in [2.05, 4.69) is 0 Å². The van der Waals surface area contributed by atoms with Crippen LogP contribution in [0.4, 0.5) is 0 Å². The maximum absolute atomic E-state index is 12.6. The van der Waals surface area contributed by atoms with E-state index in [9.17, 15) is 14.7 Å². The summed E-state index contributed by atoms with van der Waals surface area (Å²) < 4.78 is 5.29. The number of benzene rings is 1. The minimum atomic E-state index is -2.09. The molecule has 0 radical (unpaired) electrons. The molecule has 26 heavy (non-hydrogen) atoms. The molecule has 3 N–H and O–H groups in total. The first-order valence-electron chi connectivity index (χ1n) is 8.70. The van der Waals surface area contributed by atoms with Gasteiger partial charge in [0.2, 0.25) is 5.91 Å². The molecule has 146 valence electrons. The summed E-state index contributed by atoms with van der Waals surface area (Å²) in [6.45, 7) is 5.38. The predicted molar refractivity (Wildman–Crippen MR) is 102 cm³/mol. The van der Waals surface area contributed by atoms with Gasteiger partial charge in [-0.25, -0.2) is 4.79 Å². The van der Waals surface area contributed by atoms with E-state index in [4.69, 9.17) is 10.5 Å². The Morgan fingerprint density at radius 1 is 1.31 bits per heavy atom. The molecule has 1 aliphatic heterocycles. The van der Waals surface area contributed by atoms with Crippen molar-refractivity contribution in [3.05, 3.63) is 35.9 Å². The molecule has 0 spiro atoms. The number of hydrogen-bond donors (Lipinski definition) is 2. The van der Waals surface area contributed by atoms with Crippen molar-refractivity contribution >= 4 is 24.3 Å². The van der Waals surface area contributed by atoms with Gasteiger partial charge < -0.3 is 20.5 Å². The van der Waals surface area contributed by atoms with Crippen molar-refractivity contribution in [2.45, 2.75) is 63.8 Å². The van der Waals surface area contributed by atoms with Gasteiger partial charge in [0, 0.05) is 13.0 Å². The lowest BCUT2D eigenvalue weighted by Crippen LogP contribution is -2.62. The number of aryl methyl sites for hydroxylation is 1. The second-order valence-corrected chi connectivity index (χ2v) is 7.51. The second-order valence-electron chi connectivity index (χ2n) is 7.51. The first kappa shape index (κ1) is 22.4. The van der Waals surface area contributed by atoms with E-state index in [0.717, 1.165) is 12.0 Å². The summed E-state index contributed by atoms with van der Waals surface area (Å²) in [5, 5.41) is 10.8. The number of carbonyl (C=O) groups is 2. The van der Waals surface area contributed by atoms with Crippen molar-refractivity contribution in [2.24, 2.45) is 5.73 Å². The Labute approximate surface area is 161 Å². The molecule has 0 bridgehead atoms. The number of hydrogen-bond acceptors (Lipinski definition) is 5. The van der Waals surface area contributed by atoms with Crippen LogP contribution in [0.15, 0.2) is 30.3 Å². The van der Waals surface area contributed by atoms with Gasteiger partial charge in [-0.3, -0.25) is 4.79 Å². The number of aliphatic hydroxyl groups is 1. The molecule has 7 heteroatoms. The molecule has 1 aromatic rings. The Kier molecular flexibility index (Phi) is 7.62. The largest absolute Gasteiger partial charge is 0.456 e. The number of rotatable bonds is 5. The predicted octanol–water partition coefficient (Wildman–Crippen LogP) is 2.02. The molecule has 0 aliphatic carbocycles. The second kappa shape index (κ2) is 8.84. The van der Waals surface area contributed by atoms with Gasteiger partial charge in [-0.05, 0) is 45.6 Å². The van der Waals surface area contributed by atoms with Crippen LogP contribution >= 0.6 is 12.4 Å². The van der Waals surface area contributed by atoms with Crippen molar-refractivity contribution in [3.63, 3.8) is 0 Å². The normalized spacial score (nSPS) is 22.7. The zero-order valence-corrected chi connectivity index (χ0v) is 16.4. The van der Waals surface area contributed by atoms with Gasteiger partial charge in [0.15, 0.2) is 0 Å². The Morgan fingerprint density at radius 2 is 1.92 bits per heavy atom. The molecule has 1 fully saturated rings. The van der Waals surface area contributed by atoms with Gasteiger partial charge in [0.25, 0.3) is 5.72 Å². The summed E-state index contributed by atoms with van der Waals surface area (Å²) in [6, 6.07) is 9.03. The van der Waals surface area contributed by atoms with Crippen LogP contribution in [-0.4, -0.2) is 45.8 Å². The van der Waals surface area contributed by atoms with Gasteiger partial charge in [-0.15, -0.1) is 12.4 Å². The molecule has 1 heterocycles. The summed E-state index contributed by atoms with van der Waals surface area (Å²) in [7, 11) is 0. The highest BCUT2D eigenvalue weighted by Crippen LogP contribution is 2.30. The van der Waals surface area contributed by atoms with Crippen molar-refractivity contribution in [1.82, 2.24) is 4.90 Å². The molecule has 0 saturated carbocycles. The van der Waals surface area contributed by atoms with Gasteiger partial charge in [0.1, 0.15) is 5.60 Å². The molecular weight excluding hydrogens is 356 g/mol. The molecule has 1 saturated heterocycles. The third-order valence-electron chi connectivity index (χ3n) is 4.29. The fourth-order valence-electron chi connectivity index (χ4n) is 2.99. The van der Waals surface area contributed by atoms with Gasteiger partial charge in [0.05, 0.1) is 6.04 Å². The van der Waals surface area contributed by atoms with Gasteiger partial charge in [-0.1, -0.05) is 30.3 Å². The van der Waals surface area contributed by atoms with Crippen molar-refractivity contribution < 1.29 is 19.4 Å². The van der Waals surface area contributed by atoms with Gasteiger partial charge >= 0.3 is 5.97 Å². The molecular formula is C19H29ClN2O4. The summed E-state index contributed by atoms with van der Waals surface area (Å²) in [5.74, 6) is -1.14. The zero-order chi connectivity index (χ0) is 18.7. The molecule has 2 rings (SSSR count). The van der Waals surface area contributed by atoms with E-state index in [-0.39, 0.29) is 31.3 Å². The van der Waals surface area contributed by atoms with E-state index < -0.39 is 23.3 Å². The van der Waals surface area contributed by atoms with E-state index in [1.54, 1.807) is 20.8 Å². The van der Waals surface area contributed by atoms with Crippen LogP contribution in [0.5, 0.6) is 0 Å². The van der Waals surface area contributed by atoms with E-state index in [0.29, 0.717) is 12.8 Å². The highest BCUT2D eigenvalue weighted by Gasteiger charge is 2.55. The maximum Gasteiger partial charge on any atom is 0.362 e. The Morgan fingerprint density at radius 3 is 2.50 bits per heavy atom. The summed E-state index contributed by atoms with van der Waals surface area (Å²) in [4.78, 5) is 26.2. The minimum absolute atomic E-state index is 0. The highest BCUT2D eigenvalue weighted by atomic mass is 35.5. The SMILES string of the molecule is CC(C)(C)OC(=O)[C@@]1(O)[C@@H](N)CCN1C(=O)CCCc1ccccc1.Cl. The fraction of sp³-hybridized carbons (Fsp3) is 0.579. The maximum atomic E-state index is 12.6. The molecule has 2 atom stereocenters. The van der Waals surface area contributed by atoms with Crippen molar-refractivity contribution in [3.8, 4) is 0 Å². The molecule has 0 unspecified atom stereocenters. The summed E-state index contributed by atoms with van der Waals surface area (Å²) in [6.07, 6.45) is 2.00. The first-order valence-corrected chi connectivity index (χ1v) is 8.70. The smallest absolute Gasteiger partial charge is 0.362 e. The van der Waals surface area contributed by atoms with Crippen LogP contribution in [0.2, 0.25) is 0 Å². The van der Waals surface area contributed by atoms with Gasteiger partial charge in [-0.2, -0.15) is 0 Å². The number of nitrogens with zero attached hydrogens (tertiary/aromatic N) is 1. The number of halogens is 1. The lowest BCUT2D eigenvalue weighted by Gasteiger charge is -2.36. The first-order chi connectivity index (χ1) is 11.6. The van der Waals surface area contributed by atoms with Crippen LogP contribution in [-0.2, 0) is 20.7 Å². The van der Waals surface area contributed by atoms with E-state index in [1.807, 2.05) is 30.3 Å². The third kappa shape index (κ3) is 5.19. The summed E-state index contributed by atoms with van der Waals surface area (Å²) >= 11 is 0. The molecule has 0 aromatic heterocycles. The van der Waals surface area contributed by atoms with Crippen LogP contribution < -0.4 is 5.73 Å². The molecule has 1 aromatic carbocycles. The average molecular weight is 385 g/mol. The topological polar surface area (TPSA) is 92.9 Å². The van der Waals surface area contributed by atoms with Crippen LogP contribution in [0.3, 0.4) is 0 Å². The Bertz CT molecular complexity index is 618. The monoisotopic (exact) mass is 384 g/mol. The van der Waals surface area contributed by atoms with Crippen molar-refractivity contribution in [1.29, 1.82) is 0 Å². The number of likely N-dealkylation sites (tertiary alicyclic amines) is 1. The summed E-state index contributed by atoms with van der Waals surface area (Å²) in [5.41, 5.74) is 4.23. The number of esters is 1. The quantitative estimate of drug-likeness (QED) is 0.757. The van der Waals surface area contributed by atoms with Crippen LogP contribution in [0.25, 0.3) is 0 Å². The average Bonchev–Trinajstić information content (AvgIpc) is 2.83. The van der Waals surface area contributed by atoms with Crippen LogP contribution in [0, 0.1) is 0 Å². The minimum Gasteiger partial charge on any atom is -0.456 e. The third-order valence-corrected chi connectivity index (χ3v) is 4.29. The number of carbonyl (C=O) groups excluding carboxylic acids is 2. The Balaban J connectivity index is 0.00000338. The van der Waals surface area contributed by atoms with E-state index in [1.165, 1.54) is 4.90 Å². The molecule has 1 aliphatic rings. The number of amides is 1. The van der Waals surface area contributed by atoms with Crippen LogP contribution in [0.1, 0.15) is 45.6 Å². The Hall–Kier alpha value is -1.63. The highest BCUT2D eigenvalue weighted by molar-refractivity contribution is 5.88. The van der Waals surface area contributed by atoms with Crippen molar-refractivity contribution in [2.75, 3.05) is 6.54 Å².